The van der Waals surface area contributed by atoms with E-state index in [-0.39, 0.29) is 12.1 Å². The predicted molar refractivity (Wildman–Crippen MR) is 84.4 cm³/mol. The first kappa shape index (κ1) is 17.0. The molecule has 20 heavy (non-hydrogen) atoms. The van der Waals surface area contributed by atoms with Gasteiger partial charge in [0.1, 0.15) is 5.75 Å². The quantitative estimate of drug-likeness (QED) is 0.681. The minimum atomic E-state index is -0.169. The van der Waals surface area contributed by atoms with E-state index >= 15 is 0 Å². The van der Waals surface area contributed by atoms with E-state index in [4.69, 9.17) is 4.74 Å². The summed E-state index contributed by atoms with van der Waals surface area (Å²) in [5, 5.41) is 12.5. The van der Waals surface area contributed by atoms with Crippen molar-refractivity contribution in [1.29, 1.82) is 0 Å². The second kappa shape index (κ2) is 8.28. The van der Waals surface area contributed by atoms with Crippen LogP contribution in [0.2, 0.25) is 0 Å². The zero-order valence-electron chi connectivity index (χ0n) is 13.3. The van der Waals surface area contributed by atoms with Gasteiger partial charge in [0, 0.05) is 5.54 Å². The molecule has 3 nitrogen and oxygen atoms in total. The molecular formula is C17H29NO2. The highest BCUT2D eigenvalue weighted by atomic mass is 16.5. The number of hydrogen-bond donors (Lipinski definition) is 2. The van der Waals surface area contributed by atoms with Crippen LogP contribution < -0.4 is 10.1 Å². The minimum absolute atomic E-state index is 0.167. The van der Waals surface area contributed by atoms with E-state index in [1.807, 2.05) is 20.0 Å². The third-order valence-corrected chi connectivity index (χ3v) is 3.87. The number of likely N-dealkylation sites (N-methyl/N-ethyl adjacent to an activating group) is 1. The summed E-state index contributed by atoms with van der Waals surface area (Å²) >= 11 is 0. The van der Waals surface area contributed by atoms with Crippen molar-refractivity contribution in [2.24, 2.45) is 0 Å². The van der Waals surface area contributed by atoms with E-state index < -0.39 is 0 Å². The standard InChI is InChI=1S/C17H29NO2/c1-14(2)15-8-7-9-16(12-15)20-11-6-5-10-17(3,13-19)18-4/h7-9,12,14,18-19H,5-6,10-11,13H2,1-4H3. The van der Waals surface area contributed by atoms with Gasteiger partial charge in [-0.1, -0.05) is 26.0 Å². The van der Waals surface area contributed by atoms with Crippen LogP contribution in [0.25, 0.3) is 0 Å². The number of nitrogens with one attached hydrogen (secondary N) is 1. The Hall–Kier alpha value is -1.06. The molecule has 1 atom stereocenters. The van der Waals surface area contributed by atoms with Gasteiger partial charge >= 0.3 is 0 Å². The lowest BCUT2D eigenvalue weighted by Gasteiger charge is -2.26. The van der Waals surface area contributed by atoms with Gasteiger partial charge in [-0.15, -0.1) is 0 Å². The van der Waals surface area contributed by atoms with Crippen LogP contribution in [0.4, 0.5) is 0 Å². The van der Waals surface area contributed by atoms with Crippen molar-refractivity contribution in [3.63, 3.8) is 0 Å². The average Bonchev–Trinajstić information content (AvgIpc) is 2.47. The van der Waals surface area contributed by atoms with Crippen LogP contribution in [0, 0.1) is 0 Å². The van der Waals surface area contributed by atoms with E-state index in [9.17, 15) is 5.11 Å². The van der Waals surface area contributed by atoms with Gasteiger partial charge in [-0.05, 0) is 56.8 Å². The first-order chi connectivity index (χ1) is 9.50. The molecule has 0 aliphatic carbocycles. The molecule has 0 aliphatic heterocycles. The Labute approximate surface area is 123 Å². The molecule has 1 aromatic rings. The van der Waals surface area contributed by atoms with Crippen LogP contribution in [0.15, 0.2) is 24.3 Å². The monoisotopic (exact) mass is 279 g/mol. The van der Waals surface area contributed by atoms with E-state index in [2.05, 4.69) is 37.4 Å². The Morgan fingerprint density at radius 1 is 1.30 bits per heavy atom. The normalized spacial score (nSPS) is 14.3. The topological polar surface area (TPSA) is 41.5 Å². The van der Waals surface area contributed by atoms with Crippen molar-refractivity contribution in [2.45, 2.75) is 51.5 Å². The molecule has 3 heteroatoms. The number of benzene rings is 1. The van der Waals surface area contributed by atoms with Crippen LogP contribution in [-0.2, 0) is 0 Å². The van der Waals surface area contributed by atoms with Gasteiger partial charge in [0.05, 0.1) is 13.2 Å². The second-order valence-electron chi connectivity index (χ2n) is 6.00. The summed E-state index contributed by atoms with van der Waals surface area (Å²) in [4.78, 5) is 0. The molecule has 0 spiro atoms. The molecule has 1 unspecified atom stereocenters. The molecule has 0 saturated heterocycles. The first-order valence-corrected chi connectivity index (χ1v) is 7.53. The van der Waals surface area contributed by atoms with Crippen LogP contribution in [-0.4, -0.2) is 30.9 Å². The van der Waals surface area contributed by atoms with E-state index in [0.29, 0.717) is 5.92 Å². The van der Waals surface area contributed by atoms with Gasteiger partial charge in [0.25, 0.3) is 0 Å². The van der Waals surface area contributed by atoms with Crippen LogP contribution in [0.1, 0.15) is 51.5 Å². The van der Waals surface area contributed by atoms with E-state index in [0.717, 1.165) is 31.6 Å². The van der Waals surface area contributed by atoms with Crippen LogP contribution in [0.3, 0.4) is 0 Å². The predicted octanol–water partition coefficient (Wildman–Crippen LogP) is 3.33. The van der Waals surface area contributed by atoms with Gasteiger partial charge in [-0.25, -0.2) is 0 Å². The van der Waals surface area contributed by atoms with Crippen molar-refractivity contribution in [1.82, 2.24) is 5.32 Å². The molecule has 0 fully saturated rings. The Morgan fingerprint density at radius 2 is 2.05 bits per heavy atom. The molecule has 0 heterocycles. The summed E-state index contributed by atoms with van der Waals surface area (Å²) in [6.07, 6.45) is 3.00. The average molecular weight is 279 g/mol. The Bertz CT molecular complexity index is 386. The lowest BCUT2D eigenvalue weighted by atomic mass is 9.96. The molecule has 0 aromatic heterocycles. The smallest absolute Gasteiger partial charge is 0.119 e. The number of hydrogen-bond acceptors (Lipinski definition) is 3. The molecule has 114 valence electrons. The highest BCUT2D eigenvalue weighted by Crippen LogP contribution is 2.20. The second-order valence-corrected chi connectivity index (χ2v) is 6.00. The summed E-state index contributed by atoms with van der Waals surface area (Å²) < 4.78 is 5.80. The van der Waals surface area contributed by atoms with Crippen molar-refractivity contribution in [2.75, 3.05) is 20.3 Å². The fraction of sp³-hybridized carbons (Fsp3) is 0.647. The number of aliphatic hydroxyl groups is 1. The van der Waals surface area contributed by atoms with Crippen molar-refractivity contribution < 1.29 is 9.84 Å². The Kier molecular flexibility index (Phi) is 7.03. The molecule has 0 radical (unpaired) electrons. The van der Waals surface area contributed by atoms with Crippen LogP contribution in [0.5, 0.6) is 5.75 Å². The third kappa shape index (κ3) is 5.51. The van der Waals surface area contributed by atoms with Gasteiger partial charge in [-0.3, -0.25) is 0 Å². The van der Waals surface area contributed by atoms with Gasteiger partial charge in [0.15, 0.2) is 0 Å². The Morgan fingerprint density at radius 3 is 2.65 bits per heavy atom. The summed E-state index contributed by atoms with van der Waals surface area (Å²) in [6.45, 7) is 7.31. The highest BCUT2D eigenvalue weighted by Gasteiger charge is 2.19. The molecule has 1 aromatic carbocycles. The fourth-order valence-corrected chi connectivity index (χ4v) is 2.05. The zero-order valence-corrected chi connectivity index (χ0v) is 13.3. The highest BCUT2D eigenvalue weighted by molar-refractivity contribution is 5.30. The number of rotatable bonds is 9. The molecule has 0 bridgehead atoms. The fourth-order valence-electron chi connectivity index (χ4n) is 2.05. The van der Waals surface area contributed by atoms with Gasteiger partial charge < -0.3 is 15.2 Å². The van der Waals surface area contributed by atoms with Gasteiger partial charge in [-0.2, -0.15) is 0 Å². The Balaban J connectivity index is 2.29. The van der Waals surface area contributed by atoms with E-state index in [1.54, 1.807) is 0 Å². The maximum atomic E-state index is 9.31. The summed E-state index contributed by atoms with van der Waals surface area (Å²) in [6, 6.07) is 8.32. The van der Waals surface area contributed by atoms with Gasteiger partial charge in [0.2, 0.25) is 0 Å². The minimum Gasteiger partial charge on any atom is -0.494 e. The number of aliphatic hydroxyl groups excluding tert-OH is 1. The van der Waals surface area contributed by atoms with Crippen molar-refractivity contribution in [3.8, 4) is 5.75 Å². The maximum absolute atomic E-state index is 9.31. The lowest BCUT2D eigenvalue weighted by molar-refractivity contribution is 0.168. The summed E-state index contributed by atoms with van der Waals surface area (Å²) in [7, 11) is 1.89. The number of ether oxygens (including phenoxy) is 1. The zero-order chi connectivity index (χ0) is 15.0. The molecule has 1 rings (SSSR count). The number of unbranched alkanes of at least 4 members (excludes halogenated alkanes) is 1. The van der Waals surface area contributed by atoms with Crippen molar-refractivity contribution >= 4 is 0 Å². The van der Waals surface area contributed by atoms with Crippen LogP contribution >= 0.6 is 0 Å². The molecule has 0 saturated carbocycles. The molecule has 0 amide bonds. The van der Waals surface area contributed by atoms with E-state index in [1.165, 1.54) is 5.56 Å². The largest absolute Gasteiger partial charge is 0.494 e. The molecular weight excluding hydrogens is 250 g/mol. The summed E-state index contributed by atoms with van der Waals surface area (Å²) in [5.41, 5.74) is 1.14. The first-order valence-electron chi connectivity index (χ1n) is 7.53. The lowest BCUT2D eigenvalue weighted by Crippen LogP contribution is -2.43. The molecule has 0 aliphatic rings. The third-order valence-electron chi connectivity index (χ3n) is 3.87. The molecule has 2 N–H and O–H groups in total. The van der Waals surface area contributed by atoms with Crippen molar-refractivity contribution in [3.05, 3.63) is 29.8 Å². The SMILES string of the molecule is CNC(C)(CO)CCCCOc1cccc(C(C)C)c1. The summed E-state index contributed by atoms with van der Waals surface area (Å²) in [5.74, 6) is 1.48. The maximum Gasteiger partial charge on any atom is 0.119 e.